The Bertz CT molecular complexity index is 1330. The minimum Gasteiger partial charge on any atom is -0.322 e. The van der Waals surface area contributed by atoms with E-state index in [0.717, 1.165) is 59.0 Å². The molecule has 0 saturated carbocycles. The van der Waals surface area contributed by atoms with Crippen molar-refractivity contribution in [1.29, 1.82) is 0 Å². The molecule has 0 aliphatic heterocycles. The molecule has 1 N–H and O–H groups in total. The van der Waals surface area contributed by atoms with Crippen molar-refractivity contribution in [3.05, 3.63) is 91.4 Å². The number of aryl methyl sites for hydroxylation is 4. The summed E-state index contributed by atoms with van der Waals surface area (Å²) in [7, 11) is 0. The molecular weight excluding hydrogens is 516 g/mol. The van der Waals surface area contributed by atoms with Gasteiger partial charge < -0.3 is 5.32 Å². The first-order valence-electron chi connectivity index (χ1n) is 9.99. The van der Waals surface area contributed by atoms with Crippen molar-refractivity contribution in [1.82, 2.24) is 4.98 Å². The van der Waals surface area contributed by atoms with E-state index in [0.29, 0.717) is 5.56 Å². The first-order chi connectivity index (χ1) is 14.7. The van der Waals surface area contributed by atoms with E-state index in [2.05, 4.69) is 43.2 Å². The molecule has 1 heterocycles. The van der Waals surface area contributed by atoms with Crippen LogP contribution >= 0.6 is 31.9 Å². The number of hydrogen-bond acceptors (Lipinski definition) is 2. The molecule has 0 saturated heterocycles. The molecule has 5 heteroatoms. The minimum atomic E-state index is -0.138. The lowest BCUT2D eigenvalue weighted by Gasteiger charge is -2.15. The first-order valence-corrected chi connectivity index (χ1v) is 11.6. The van der Waals surface area contributed by atoms with Crippen molar-refractivity contribution in [2.24, 2.45) is 0 Å². The van der Waals surface area contributed by atoms with Crippen LogP contribution in [-0.2, 0) is 0 Å². The van der Waals surface area contributed by atoms with Crippen molar-refractivity contribution in [2.45, 2.75) is 27.7 Å². The lowest BCUT2D eigenvalue weighted by atomic mass is 9.99. The zero-order chi connectivity index (χ0) is 22.3. The van der Waals surface area contributed by atoms with Gasteiger partial charge in [-0.3, -0.25) is 4.79 Å². The molecule has 0 spiro atoms. The van der Waals surface area contributed by atoms with Gasteiger partial charge >= 0.3 is 0 Å². The standard InChI is InChI=1S/C26H22Br2N2O/c1-14-9-17(4)25-20(10-14)21(13-24(29-25)18-5-7-19(27)8-6-18)26(31)30-23-12-15(2)22(28)11-16(23)3/h5-13H,1-4H3,(H,30,31). The van der Waals surface area contributed by atoms with Crippen molar-refractivity contribution < 1.29 is 4.79 Å². The molecule has 0 bridgehead atoms. The number of carbonyl (C=O) groups excluding carboxylic acids is 1. The number of halogens is 2. The second kappa shape index (κ2) is 8.56. The maximum Gasteiger partial charge on any atom is 0.256 e. The van der Waals surface area contributed by atoms with E-state index in [1.807, 2.05) is 76.2 Å². The highest BCUT2D eigenvalue weighted by Gasteiger charge is 2.17. The van der Waals surface area contributed by atoms with Crippen molar-refractivity contribution in [2.75, 3.05) is 5.32 Å². The molecule has 1 amide bonds. The molecule has 0 fully saturated rings. The normalized spacial score (nSPS) is 11.0. The van der Waals surface area contributed by atoms with Gasteiger partial charge in [0.25, 0.3) is 5.91 Å². The summed E-state index contributed by atoms with van der Waals surface area (Å²) in [6.07, 6.45) is 0. The van der Waals surface area contributed by atoms with Gasteiger partial charge in [0.15, 0.2) is 0 Å². The maximum atomic E-state index is 13.5. The van der Waals surface area contributed by atoms with Crippen molar-refractivity contribution in [3.8, 4) is 11.3 Å². The fourth-order valence-corrected chi connectivity index (χ4v) is 4.46. The second-order valence-corrected chi connectivity index (χ2v) is 9.68. The van der Waals surface area contributed by atoms with Crippen LogP contribution in [0.2, 0.25) is 0 Å². The van der Waals surface area contributed by atoms with Crippen molar-refractivity contribution >= 4 is 54.4 Å². The number of pyridine rings is 1. The van der Waals surface area contributed by atoms with Gasteiger partial charge in [0.2, 0.25) is 0 Å². The van der Waals surface area contributed by atoms with E-state index >= 15 is 0 Å². The smallest absolute Gasteiger partial charge is 0.256 e. The van der Waals surface area contributed by atoms with Gasteiger partial charge in [0.05, 0.1) is 16.8 Å². The highest BCUT2D eigenvalue weighted by molar-refractivity contribution is 9.10. The molecule has 3 nitrogen and oxygen atoms in total. The van der Waals surface area contributed by atoms with Gasteiger partial charge in [0, 0.05) is 25.6 Å². The SMILES string of the molecule is Cc1cc(C)c2nc(-c3ccc(Br)cc3)cc(C(=O)Nc3cc(C)c(Br)cc3C)c2c1. The summed E-state index contributed by atoms with van der Waals surface area (Å²) in [6.45, 7) is 8.09. The number of nitrogens with one attached hydrogen (secondary N) is 1. The third kappa shape index (κ3) is 4.43. The number of nitrogens with zero attached hydrogens (tertiary/aromatic N) is 1. The number of benzene rings is 3. The summed E-state index contributed by atoms with van der Waals surface area (Å²) in [5.41, 5.74) is 8.26. The predicted molar refractivity (Wildman–Crippen MR) is 136 cm³/mol. The Balaban J connectivity index is 1.88. The quantitative estimate of drug-likeness (QED) is 0.288. The Labute approximate surface area is 199 Å². The topological polar surface area (TPSA) is 42.0 Å². The largest absolute Gasteiger partial charge is 0.322 e. The molecule has 4 rings (SSSR count). The molecule has 0 aliphatic rings. The number of fused-ring (bicyclic) bond motifs is 1. The number of aromatic nitrogens is 1. The third-order valence-electron chi connectivity index (χ3n) is 5.39. The monoisotopic (exact) mass is 536 g/mol. The fourth-order valence-electron chi connectivity index (χ4n) is 3.74. The molecular formula is C26H22Br2N2O. The van der Waals surface area contributed by atoms with Gasteiger partial charge in [-0.15, -0.1) is 0 Å². The Hall–Kier alpha value is -2.50. The summed E-state index contributed by atoms with van der Waals surface area (Å²) in [5.74, 6) is -0.138. The highest BCUT2D eigenvalue weighted by Crippen LogP contribution is 2.30. The third-order valence-corrected chi connectivity index (χ3v) is 6.77. The number of rotatable bonds is 3. The van der Waals surface area contributed by atoms with E-state index in [-0.39, 0.29) is 5.91 Å². The van der Waals surface area contributed by atoms with Gasteiger partial charge in [-0.1, -0.05) is 55.6 Å². The summed E-state index contributed by atoms with van der Waals surface area (Å²) >= 11 is 7.04. The van der Waals surface area contributed by atoms with E-state index in [9.17, 15) is 4.79 Å². The van der Waals surface area contributed by atoms with E-state index < -0.39 is 0 Å². The van der Waals surface area contributed by atoms with Crippen LogP contribution in [0.25, 0.3) is 22.2 Å². The summed E-state index contributed by atoms with van der Waals surface area (Å²) < 4.78 is 2.03. The van der Waals surface area contributed by atoms with Gasteiger partial charge in [-0.25, -0.2) is 4.98 Å². The predicted octanol–water partition coefficient (Wildman–Crippen LogP) is 7.91. The van der Waals surface area contributed by atoms with Crippen LogP contribution in [0.3, 0.4) is 0 Å². The summed E-state index contributed by atoms with van der Waals surface area (Å²) in [5, 5.41) is 3.98. The van der Waals surface area contributed by atoms with E-state index in [1.165, 1.54) is 0 Å². The number of hydrogen-bond donors (Lipinski definition) is 1. The Kier molecular flexibility index (Phi) is 6.00. The van der Waals surface area contributed by atoms with Crippen LogP contribution in [0.5, 0.6) is 0 Å². The summed E-state index contributed by atoms with van der Waals surface area (Å²) in [4.78, 5) is 18.4. The maximum absolute atomic E-state index is 13.5. The first kappa shape index (κ1) is 21.7. The number of anilines is 1. The van der Waals surface area contributed by atoms with Crippen LogP contribution in [0.15, 0.2) is 63.5 Å². The highest BCUT2D eigenvalue weighted by atomic mass is 79.9. The van der Waals surface area contributed by atoms with Gasteiger partial charge in [-0.05, 0) is 80.8 Å². The van der Waals surface area contributed by atoms with Crippen LogP contribution in [0.1, 0.15) is 32.6 Å². The fraction of sp³-hybridized carbons (Fsp3) is 0.154. The molecule has 156 valence electrons. The molecule has 0 radical (unpaired) electrons. The molecule has 4 aromatic rings. The second-order valence-electron chi connectivity index (χ2n) is 7.91. The molecule has 31 heavy (non-hydrogen) atoms. The molecule has 3 aromatic carbocycles. The lowest BCUT2D eigenvalue weighted by Crippen LogP contribution is -2.14. The zero-order valence-corrected chi connectivity index (χ0v) is 21.0. The van der Waals surface area contributed by atoms with Gasteiger partial charge in [-0.2, -0.15) is 0 Å². The molecule has 0 aliphatic carbocycles. The Morgan fingerprint density at radius 3 is 2.26 bits per heavy atom. The average molecular weight is 538 g/mol. The lowest BCUT2D eigenvalue weighted by molar-refractivity contribution is 0.102. The van der Waals surface area contributed by atoms with Crippen LogP contribution in [0, 0.1) is 27.7 Å². The summed E-state index contributed by atoms with van der Waals surface area (Å²) in [6, 6.07) is 18.0. The minimum absolute atomic E-state index is 0.138. The molecule has 1 aromatic heterocycles. The Morgan fingerprint density at radius 1 is 0.839 bits per heavy atom. The molecule has 0 unspecified atom stereocenters. The molecule has 0 atom stereocenters. The number of amides is 1. The van der Waals surface area contributed by atoms with Crippen LogP contribution < -0.4 is 5.32 Å². The average Bonchev–Trinajstić information content (AvgIpc) is 2.72. The van der Waals surface area contributed by atoms with Crippen LogP contribution in [0.4, 0.5) is 5.69 Å². The van der Waals surface area contributed by atoms with E-state index in [4.69, 9.17) is 4.98 Å². The zero-order valence-electron chi connectivity index (χ0n) is 17.8. The van der Waals surface area contributed by atoms with E-state index in [1.54, 1.807) is 0 Å². The number of carbonyl (C=O) groups is 1. The Morgan fingerprint density at radius 2 is 1.55 bits per heavy atom. The van der Waals surface area contributed by atoms with Crippen molar-refractivity contribution in [3.63, 3.8) is 0 Å². The van der Waals surface area contributed by atoms with Crippen LogP contribution in [-0.4, -0.2) is 10.9 Å². The van der Waals surface area contributed by atoms with Gasteiger partial charge in [0.1, 0.15) is 0 Å².